The van der Waals surface area contributed by atoms with Gasteiger partial charge in [0.15, 0.2) is 0 Å². The molecular formula is C20H21N3O5. The van der Waals surface area contributed by atoms with Crippen molar-refractivity contribution in [2.45, 2.75) is 50.6 Å². The lowest BCUT2D eigenvalue weighted by Crippen LogP contribution is -2.54. The molecule has 0 bridgehead atoms. The fraction of sp³-hybridized carbons (Fsp3) is 0.450. The summed E-state index contributed by atoms with van der Waals surface area (Å²) in [5.74, 6) is -1.95. The van der Waals surface area contributed by atoms with Crippen LogP contribution in [0.15, 0.2) is 18.2 Å². The maximum atomic E-state index is 13.0. The number of aldehydes is 1. The lowest BCUT2D eigenvalue weighted by atomic mass is 9.87. The molecule has 1 unspecified atom stereocenters. The third-order valence-electron chi connectivity index (χ3n) is 5.79. The van der Waals surface area contributed by atoms with Crippen molar-refractivity contribution in [3.8, 4) is 0 Å². The Hall–Kier alpha value is -3.03. The van der Waals surface area contributed by atoms with E-state index >= 15 is 0 Å². The number of piperidine rings is 1. The van der Waals surface area contributed by atoms with Gasteiger partial charge < -0.3 is 10.1 Å². The molecule has 0 radical (unpaired) electrons. The zero-order valence-electron chi connectivity index (χ0n) is 15.3. The van der Waals surface area contributed by atoms with E-state index in [1.165, 1.54) is 0 Å². The first kappa shape index (κ1) is 18.3. The molecule has 0 aromatic heterocycles. The van der Waals surface area contributed by atoms with Gasteiger partial charge in [0.2, 0.25) is 11.8 Å². The molecule has 4 rings (SSSR count). The largest absolute Gasteiger partial charge is 0.382 e. The molecule has 1 atom stereocenters. The first-order valence-corrected chi connectivity index (χ1v) is 9.56. The zero-order chi connectivity index (χ0) is 19.8. The van der Waals surface area contributed by atoms with Crippen LogP contribution in [0.1, 0.15) is 59.2 Å². The number of carbonyl (C=O) groups is 5. The van der Waals surface area contributed by atoms with Gasteiger partial charge in [0.05, 0.1) is 11.1 Å². The number of benzene rings is 1. The molecule has 0 spiro atoms. The highest BCUT2D eigenvalue weighted by molar-refractivity contribution is 6.25. The maximum absolute atomic E-state index is 13.0. The SMILES string of the molecule is O=C[C@H]1CC[C@@H](Nc2cccc3c2C(=O)N(C2CCC(=O)NC2=O)C3=O)CC1. The zero-order valence-corrected chi connectivity index (χ0v) is 15.3. The van der Waals surface area contributed by atoms with Crippen molar-refractivity contribution in [2.75, 3.05) is 5.32 Å². The lowest BCUT2D eigenvalue weighted by molar-refractivity contribution is -0.136. The van der Waals surface area contributed by atoms with Gasteiger partial charge in [-0.2, -0.15) is 0 Å². The molecule has 146 valence electrons. The summed E-state index contributed by atoms with van der Waals surface area (Å²) in [5, 5.41) is 5.54. The molecule has 3 aliphatic rings. The number of amides is 4. The average Bonchev–Trinajstić information content (AvgIpc) is 2.94. The van der Waals surface area contributed by atoms with Crippen molar-refractivity contribution in [1.82, 2.24) is 10.2 Å². The summed E-state index contributed by atoms with van der Waals surface area (Å²) in [4.78, 5) is 61.3. The van der Waals surface area contributed by atoms with Gasteiger partial charge in [0, 0.05) is 24.1 Å². The molecule has 2 aliphatic heterocycles. The third-order valence-corrected chi connectivity index (χ3v) is 5.79. The van der Waals surface area contributed by atoms with Gasteiger partial charge in [-0.05, 0) is 44.2 Å². The number of rotatable bonds is 4. The molecule has 1 saturated carbocycles. The number of anilines is 1. The molecule has 8 nitrogen and oxygen atoms in total. The monoisotopic (exact) mass is 383 g/mol. The molecule has 1 saturated heterocycles. The summed E-state index contributed by atoms with van der Waals surface area (Å²) in [5.41, 5.74) is 1.11. The molecule has 1 aliphatic carbocycles. The fourth-order valence-electron chi connectivity index (χ4n) is 4.25. The van der Waals surface area contributed by atoms with Crippen LogP contribution >= 0.6 is 0 Å². The van der Waals surface area contributed by atoms with Crippen LogP contribution in [0.25, 0.3) is 0 Å². The van der Waals surface area contributed by atoms with E-state index in [2.05, 4.69) is 10.6 Å². The minimum Gasteiger partial charge on any atom is -0.382 e. The van der Waals surface area contributed by atoms with Gasteiger partial charge in [-0.1, -0.05) is 6.07 Å². The van der Waals surface area contributed by atoms with Gasteiger partial charge in [-0.3, -0.25) is 29.4 Å². The second-order valence-electron chi connectivity index (χ2n) is 7.57. The van der Waals surface area contributed by atoms with E-state index in [0.717, 1.165) is 36.9 Å². The van der Waals surface area contributed by atoms with Crippen molar-refractivity contribution in [2.24, 2.45) is 5.92 Å². The number of imide groups is 2. The Balaban J connectivity index is 1.57. The highest BCUT2D eigenvalue weighted by atomic mass is 16.2. The first-order valence-electron chi connectivity index (χ1n) is 9.56. The van der Waals surface area contributed by atoms with E-state index in [1.807, 2.05) is 0 Å². The Labute approximate surface area is 161 Å². The maximum Gasteiger partial charge on any atom is 0.264 e. The summed E-state index contributed by atoms with van der Waals surface area (Å²) in [6.07, 6.45) is 4.44. The Kier molecular flexibility index (Phi) is 4.70. The average molecular weight is 383 g/mol. The van der Waals surface area contributed by atoms with Crippen molar-refractivity contribution < 1.29 is 24.0 Å². The third kappa shape index (κ3) is 3.08. The minimum atomic E-state index is -0.971. The molecule has 1 aromatic rings. The number of fused-ring (bicyclic) bond motifs is 1. The van der Waals surface area contributed by atoms with Gasteiger partial charge in [-0.25, -0.2) is 0 Å². The van der Waals surface area contributed by atoms with Crippen LogP contribution in [-0.2, 0) is 14.4 Å². The molecular weight excluding hydrogens is 362 g/mol. The predicted octanol–water partition coefficient (Wildman–Crippen LogP) is 1.26. The highest BCUT2D eigenvalue weighted by Crippen LogP contribution is 2.34. The van der Waals surface area contributed by atoms with Crippen LogP contribution in [0.4, 0.5) is 5.69 Å². The summed E-state index contributed by atoms with van der Waals surface area (Å²) in [6.45, 7) is 0. The van der Waals surface area contributed by atoms with Crippen molar-refractivity contribution in [1.29, 1.82) is 0 Å². The molecule has 2 fully saturated rings. The number of hydrogen-bond acceptors (Lipinski definition) is 6. The highest BCUT2D eigenvalue weighted by Gasteiger charge is 2.45. The number of hydrogen-bond donors (Lipinski definition) is 2. The van der Waals surface area contributed by atoms with E-state index in [0.29, 0.717) is 5.69 Å². The summed E-state index contributed by atoms with van der Waals surface area (Å²) >= 11 is 0. The van der Waals surface area contributed by atoms with Crippen LogP contribution in [0.2, 0.25) is 0 Å². The molecule has 8 heteroatoms. The van der Waals surface area contributed by atoms with Crippen LogP contribution in [-0.4, -0.2) is 46.9 Å². The van der Waals surface area contributed by atoms with Crippen molar-refractivity contribution in [3.63, 3.8) is 0 Å². The van der Waals surface area contributed by atoms with Gasteiger partial charge in [0.25, 0.3) is 11.8 Å². The van der Waals surface area contributed by atoms with Crippen LogP contribution < -0.4 is 10.6 Å². The molecule has 1 aromatic carbocycles. The predicted molar refractivity (Wildman–Crippen MR) is 98.5 cm³/mol. The van der Waals surface area contributed by atoms with Gasteiger partial charge >= 0.3 is 0 Å². The Morgan fingerprint density at radius 2 is 1.75 bits per heavy atom. The summed E-state index contributed by atoms with van der Waals surface area (Å²) < 4.78 is 0. The van der Waals surface area contributed by atoms with Gasteiger partial charge in [0.1, 0.15) is 12.3 Å². The standard InChI is InChI=1S/C20H21N3O5/c24-10-11-4-6-12(7-5-11)21-14-3-1-2-13-17(14)20(28)23(19(13)27)15-8-9-16(25)22-18(15)26/h1-3,10-12,15,21H,4-9H2,(H,22,25,26)/t11-,12+,15?. The van der Waals surface area contributed by atoms with Crippen LogP contribution in [0, 0.1) is 5.92 Å². The molecule has 2 heterocycles. The molecule has 2 N–H and O–H groups in total. The molecule has 4 amide bonds. The number of nitrogens with zero attached hydrogens (tertiary/aromatic N) is 1. The van der Waals surface area contributed by atoms with E-state index in [9.17, 15) is 24.0 Å². The lowest BCUT2D eigenvalue weighted by Gasteiger charge is -2.28. The Morgan fingerprint density at radius 1 is 1.00 bits per heavy atom. The van der Waals surface area contributed by atoms with E-state index < -0.39 is 29.7 Å². The quantitative estimate of drug-likeness (QED) is 0.598. The first-order chi connectivity index (χ1) is 13.5. The van der Waals surface area contributed by atoms with E-state index in [-0.39, 0.29) is 35.9 Å². The van der Waals surface area contributed by atoms with Crippen LogP contribution in [0.5, 0.6) is 0 Å². The Bertz CT molecular complexity index is 873. The normalized spacial score (nSPS) is 27.4. The smallest absolute Gasteiger partial charge is 0.264 e. The number of nitrogens with one attached hydrogen (secondary N) is 2. The van der Waals surface area contributed by atoms with E-state index in [1.54, 1.807) is 18.2 Å². The Morgan fingerprint density at radius 3 is 2.43 bits per heavy atom. The second-order valence-corrected chi connectivity index (χ2v) is 7.57. The van der Waals surface area contributed by atoms with Crippen LogP contribution in [0.3, 0.4) is 0 Å². The van der Waals surface area contributed by atoms with Crippen molar-refractivity contribution >= 4 is 35.6 Å². The minimum absolute atomic E-state index is 0.0887. The number of carbonyl (C=O) groups excluding carboxylic acids is 5. The van der Waals surface area contributed by atoms with E-state index in [4.69, 9.17) is 0 Å². The second kappa shape index (κ2) is 7.18. The summed E-state index contributed by atoms with van der Waals surface area (Å²) in [6, 6.07) is 4.19. The van der Waals surface area contributed by atoms with Gasteiger partial charge in [-0.15, -0.1) is 0 Å². The van der Waals surface area contributed by atoms with Crippen molar-refractivity contribution in [3.05, 3.63) is 29.3 Å². The topological polar surface area (TPSA) is 113 Å². The summed E-state index contributed by atoms with van der Waals surface area (Å²) in [7, 11) is 0. The molecule has 28 heavy (non-hydrogen) atoms. The fourth-order valence-corrected chi connectivity index (χ4v) is 4.25.